The number of ether oxygens (including phenoxy) is 2. The third-order valence-electron chi connectivity index (χ3n) is 4.43. The summed E-state index contributed by atoms with van der Waals surface area (Å²) in [5.41, 5.74) is 0. The molecule has 2 amide bonds. The minimum Gasteiger partial charge on any atom is -0.382 e. The molecule has 0 aromatic rings. The van der Waals surface area contributed by atoms with Crippen molar-refractivity contribution in [3.8, 4) is 0 Å². The van der Waals surface area contributed by atoms with Crippen molar-refractivity contribution in [3.63, 3.8) is 0 Å². The van der Waals surface area contributed by atoms with Gasteiger partial charge in [0.1, 0.15) is 0 Å². The number of hydrogen-bond donors (Lipinski definition) is 2. The van der Waals surface area contributed by atoms with Crippen molar-refractivity contribution in [3.05, 3.63) is 0 Å². The van der Waals surface area contributed by atoms with E-state index in [1.807, 2.05) is 34.3 Å². The highest BCUT2D eigenvalue weighted by molar-refractivity contribution is 5.79. The van der Waals surface area contributed by atoms with Crippen LogP contribution in [0.3, 0.4) is 0 Å². The van der Waals surface area contributed by atoms with Crippen LogP contribution in [-0.2, 0) is 19.1 Å². The smallest absolute Gasteiger partial charge is 0.277 e. The largest absolute Gasteiger partial charge is 0.382 e. The topological polar surface area (TPSA) is 92.3 Å². The van der Waals surface area contributed by atoms with Crippen LogP contribution < -0.4 is 10.6 Å². The first-order valence-corrected chi connectivity index (χ1v) is 10.0. The van der Waals surface area contributed by atoms with Crippen molar-refractivity contribution in [2.45, 2.75) is 26.7 Å². The van der Waals surface area contributed by atoms with E-state index in [0.717, 1.165) is 52.4 Å². The van der Waals surface area contributed by atoms with Gasteiger partial charge in [0.15, 0.2) is 13.1 Å². The van der Waals surface area contributed by atoms with Crippen molar-refractivity contribution in [1.29, 1.82) is 0 Å². The summed E-state index contributed by atoms with van der Waals surface area (Å²) in [5, 5.41) is 4.08. The highest BCUT2D eigenvalue weighted by Gasteiger charge is 2.25. The Morgan fingerprint density at radius 1 is 0.769 bits per heavy atom. The number of hydrogen-bond acceptors (Lipinski definition) is 4. The lowest BCUT2D eigenvalue weighted by Crippen LogP contribution is -2.87. The van der Waals surface area contributed by atoms with Gasteiger partial charge in [-0.2, -0.15) is 0 Å². The van der Waals surface area contributed by atoms with Gasteiger partial charge in [0, 0.05) is 52.2 Å². The number of rotatable bonds is 14. The summed E-state index contributed by atoms with van der Waals surface area (Å²) >= 11 is 0. The van der Waals surface area contributed by atoms with E-state index in [9.17, 15) is 9.59 Å². The Morgan fingerprint density at radius 3 is 1.50 bits per heavy atom. The monoisotopic (exact) mass is 374 g/mol. The molecule has 0 aromatic heterocycles. The summed E-state index contributed by atoms with van der Waals surface area (Å²) in [6, 6.07) is 0. The Balaban J connectivity index is 2.07. The zero-order valence-corrected chi connectivity index (χ0v) is 16.6. The first kappa shape index (κ1) is 22.8. The number of carbonyl (C=O) groups is 2. The summed E-state index contributed by atoms with van der Waals surface area (Å²) in [6.07, 6.45) is 1.93. The number of carbonyl (C=O) groups excluding carboxylic acids is 2. The minimum absolute atomic E-state index is 0.163. The maximum atomic E-state index is 12.2. The number of quaternary nitrogens is 2. The molecule has 1 heterocycles. The van der Waals surface area contributed by atoms with E-state index >= 15 is 0 Å². The minimum atomic E-state index is 0.163. The normalized spacial score (nSPS) is 14.7. The predicted octanol–water partition coefficient (Wildman–Crippen LogP) is -2.36. The van der Waals surface area contributed by atoms with Crippen molar-refractivity contribution in [2.24, 2.45) is 0 Å². The van der Waals surface area contributed by atoms with Gasteiger partial charge in [-0.1, -0.05) is 0 Å². The van der Waals surface area contributed by atoms with Crippen LogP contribution in [0.4, 0.5) is 0 Å². The van der Waals surface area contributed by atoms with Crippen LogP contribution in [0.25, 0.3) is 0 Å². The number of amides is 2. The molecular formula is C18H38N4O4+2. The van der Waals surface area contributed by atoms with Gasteiger partial charge >= 0.3 is 0 Å². The van der Waals surface area contributed by atoms with Crippen molar-refractivity contribution < 1.29 is 29.7 Å². The van der Waals surface area contributed by atoms with Gasteiger partial charge in [0.05, 0.1) is 26.3 Å². The molecular weight excluding hydrogens is 336 g/mol. The molecule has 4 N–H and O–H groups in total. The Bertz CT molecular complexity index is 351. The van der Waals surface area contributed by atoms with E-state index in [1.165, 1.54) is 0 Å². The molecule has 152 valence electrons. The highest BCUT2D eigenvalue weighted by atomic mass is 16.5. The number of nitrogens with two attached hydrogens (primary N) is 2. The van der Waals surface area contributed by atoms with Crippen molar-refractivity contribution in [2.75, 3.05) is 78.8 Å². The van der Waals surface area contributed by atoms with E-state index in [-0.39, 0.29) is 11.8 Å². The zero-order chi connectivity index (χ0) is 19.0. The van der Waals surface area contributed by atoms with E-state index in [4.69, 9.17) is 9.47 Å². The first-order valence-electron chi connectivity index (χ1n) is 10.0. The number of nitrogens with zero attached hydrogens (tertiary/aromatic N) is 2. The lowest BCUT2D eigenvalue weighted by molar-refractivity contribution is -0.645. The van der Waals surface area contributed by atoms with Crippen LogP contribution >= 0.6 is 0 Å². The fourth-order valence-electron chi connectivity index (χ4n) is 2.86. The second-order valence-electron chi connectivity index (χ2n) is 6.43. The van der Waals surface area contributed by atoms with Gasteiger partial charge in [-0.25, -0.2) is 0 Å². The molecule has 0 aromatic carbocycles. The maximum Gasteiger partial charge on any atom is 0.277 e. The molecule has 1 aliphatic heterocycles. The molecule has 0 unspecified atom stereocenters. The van der Waals surface area contributed by atoms with Gasteiger partial charge in [-0.15, -0.1) is 0 Å². The Hall–Kier alpha value is -1.22. The molecule has 1 fully saturated rings. The average Bonchev–Trinajstić information content (AvgIpc) is 2.67. The Labute approximate surface area is 157 Å². The molecule has 26 heavy (non-hydrogen) atoms. The third kappa shape index (κ3) is 10.1. The second-order valence-corrected chi connectivity index (χ2v) is 6.43. The third-order valence-corrected chi connectivity index (χ3v) is 4.43. The standard InChI is InChI=1S/C18H36N4O4/c1-3-25-13-5-7-19-15-17(23)21-9-11-22(12-10-21)18(24)16-20-8-6-14-26-4-2/h19-20H,3-16H2,1-2H3/p+2. The SMILES string of the molecule is CCOCCC[NH2+]CC(=O)N1CCN(C(=O)C[NH2+]CCCOCC)CC1. The molecule has 1 aliphatic rings. The molecule has 0 atom stereocenters. The summed E-state index contributed by atoms with van der Waals surface area (Å²) in [5.74, 6) is 0.326. The summed E-state index contributed by atoms with van der Waals surface area (Å²) in [7, 11) is 0. The second kappa shape index (κ2) is 14.9. The molecule has 0 saturated carbocycles. The van der Waals surface area contributed by atoms with Gasteiger partial charge in [0.2, 0.25) is 0 Å². The molecule has 0 radical (unpaired) electrons. The Kier molecular flexibility index (Phi) is 13.1. The van der Waals surface area contributed by atoms with Gasteiger partial charge in [0.25, 0.3) is 11.8 Å². The molecule has 0 spiro atoms. The van der Waals surface area contributed by atoms with Crippen LogP contribution in [0, 0.1) is 0 Å². The lowest BCUT2D eigenvalue weighted by Gasteiger charge is -2.34. The quantitative estimate of drug-likeness (QED) is 0.333. The molecule has 1 rings (SSSR count). The lowest BCUT2D eigenvalue weighted by atomic mass is 10.3. The summed E-state index contributed by atoms with van der Waals surface area (Å²) < 4.78 is 10.6. The highest BCUT2D eigenvalue weighted by Crippen LogP contribution is 2.01. The molecule has 1 saturated heterocycles. The summed E-state index contributed by atoms with van der Waals surface area (Å²) in [4.78, 5) is 28.1. The maximum absolute atomic E-state index is 12.2. The molecule has 8 heteroatoms. The van der Waals surface area contributed by atoms with Gasteiger partial charge in [-0.05, 0) is 13.8 Å². The summed E-state index contributed by atoms with van der Waals surface area (Å²) in [6.45, 7) is 12.3. The fourth-order valence-corrected chi connectivity index (χ4v) is 2.86. The van der Waals surface area contributed by atoms with Crippen LogP contribution in [0.15, 0.2) is 0 Å². The molecule has 0 bridgehead atoms. The van der Waals surface area contributed by atoms with Crippen LogP contribution in [0.5, 0.6) is 0 Å². The van der Waals surface area contributed by atoms with Gasteiger partial charge < -0.3 is 29.9 Å². The predicted molar refractivity (Wildman–Crippen MR) is 98.7 cm³/mol. The zero-order valence-electron chi connectivity index (χ0n) is 16.6. The van der Waals surface area contributed by atoms with Gasteiger partial charge in [-0.3, -0.25) is 9.59 Å². The first-order chi connectivity index (χ1) is 12.7. The molecule has 8 nitrogen and oxygen atoms in total. The van der Waals surface area contributed by atoms with E-state index < -0.39 is 0 Å². The fraction of sp³-hybridized carbons (Fsp3) is 0.889. The number of piperazine rings is 1. The van der Waals surface area contributed by atoms with E-state index in [2.05, 4.69) is 0 Å². The van der Waals surface area contributed by atoms with Crippen LogP contribution in [0.2, 0.25) is 0 Å². The Morgan fingerprint density at radius 2 is 1.15 bits per heavy atom. The van der Waals surface area contributed by atoms with Crippen molar-refractivity contribution >= 4 is 11.8 Å². The van der Waals surface area contributed by atoms with Crippen LogP contribution in [0.1, 0.15) is 26.7 Å². The molecule has 0 aliphatic carbocycles. The van der Waals surface area contributed by atoms with E-state index in [1.54, 1.807) is 0 Å². The van der Waals surface area contributed by atoms with Crippen LogP contribution in [-0.4, -0.2) is 100 Å². The average molecular weight is 375 g/mol. The van der Waals surface area contributed by atoms with E-state index in [0.29, 0.717) is 39.3 Å². The van der Waals surface area contributed by atoms with Crippen molar-refractivity contribution in [1.82, 2.24) is 9.80 Å².